The Morgan fingerprint density at radius 3 is 2.00 bits per heavy atom. The van der Waals surface area contributed by atoms with E-state index >= 15 is 0 Å². The molecule has 0 aromatic rings. The molecule has 0 unspecified atom stereocenters. The van der Waals surface area contributed by atoms with E-state index < -0.39 is 0 Å². The Hall–Kier alpha value is -0.510. The summed E-state index contributed by atoms with van der Waals surface area (Å²) in [6, 6.07) is 0. The van der Waals surface area contributed by atoms with Crippen LogP contribution in [0.1, 0.15) is 51.4 Å². The van der Waals surface area contributed by atoms with Crippen molar-refractivity contribution in [3.63, 3.8) is 0 Å². The Bertz CT molecular complexity index is 251. The van der Waals surface area contributed by atoms with Gasteiger partial charge in [-0.25, -0.2) is 6.57 Å². The molecule has 0 atom stereocenters. The van der Waals surface area contributed by atoms with Gasteiger partial charge in [0, 0.05) is 6.42 Å². The zero-order chi connectivity index (χ0) is 10.3. The SMILES string of the molecule is [C-]#[N+]CCCC12CC3CC(CC(C3)C1)C2. The lowest BCUT2D eigenvalue weighted by Gasteiger charge is -2.57. The average Bonchev–Trinajstić information content (AvgIpc) is 2.15. The second-order valence-electron chi connectivity index (χ2n) is 6.40. The molecule has 4 aliphatic carbocycles. The van der Waals surface area contributed by atoms with Gasteiger partial charge in [0.05, 0.1) is 0 Å². The summed E-state index contributed by atoms with van der Waals surface area (Å²) in [4.78, 5) is 3.50. The zero-order valence-electron chi connectivity index (χ0n) is 9.54. The van der Waals surface area contributed by atoms with Crippen LogP contribution in [0.25, 0.3) is 4.85 Å². The molecule has 0 radical (unpaired) electrons. The molecule has 15 heavy (non-hydrogen) atoms. The lowest BCUT2D eigenvalue weighted by molar-refractivity contribution is -0.0575. The smallest absolute Gasteiger partial charge is 0.214 e. The van der Waals surface area contributed by atoms with E-state index in [1.165, 1.54) is 25.7 Å². The van der Waals surface area contributed by atoms with Crippen LogP contribution in [-0.2, 0) is 0 Å². The number of hydrogen-bond donors (Lipinski definition) is 0. The Kier molecular flexibility index (Phi) is 2.27. The first-order valence-corrected chi connectivity index (χ1v) is 6.63. The Morgan fingerprint density at radius 2 is 1.53 bits per heavy atom. The molecule has 0 aromatic carbocycles. The summed E-state index contributed by atoms with van der Waals surface area (Å²) in [6.45, 7) is 7.63. The molecule has 4 fully saturated rings. The van der Waals surface area contributed by atoms with Crippen LogP contribution in [0.4, 0.5) is 0 Å². The number of nitrogens with zero attached hydrogens (tertiary/aromatic N) is 1. The summed E-state index contributed by atoms with van der Waals surface area (Å²) < 4.78 is 0. The molecule has 0 amide bonds. The first kappa shape index (κ1) is 9.70. The Labute approximate surface area is 93.1 Å². The highest BCUT2D eigenvalue weighted by molar-refractivity contribution is 5.01. The van der Waals surface area contributed by atoms with Gasteiger partial charge in [-0.1, -0.05) is 0 Å². The van der Waals surface area contributed by atoms with Crippen molar-refractivity contribution in [3.05, 3.63) is 11.4 Å². The van der Waals surface area contributed by atoms with Crippen LogP contribution in [0, 0.1) is 29.7 Å². The van der Waals surface area contributed by atoms with E-state index in [4.69, 9.17) is 6.57 Å². The highest BCUT2D eigenvalue weighted by atomic mass is 14.6. The van der Waals surface area contributed by atoms with Gasteiger partial charge >= 0.3 is 0 Å². The highest BCUT2D eigenvalue weighted by Gasteiger charge is 2.50. The van der Waals surface area contributed by atoms with Crippen molar-refractivity contribution in [2.75, 3.05) is 6.54 Å². The predicted octanol–water partition coefficient (Wildman–Crippen LogP) is 3.90. The van der Waals surface area contributed by atoms with Gasteiger partial charge in [0.2, 0.25) is 6.54 Å². The maximum absolute atomic E-state index is 6.87. The first-order chi connectivity index (χ1) is 7.30. The average molecular weight is 203 g/mol. The van der Waals surface area contributed by atoms with Crippen LogP contribution < -0.4 is 0 Å². The van der Waals surface area contributed by atoms with Crippen molar-refractivity contribution in [1.29, 1.82) is 0 Å². The van der Waals surface area contributed by atoms with E-state index in [0.29, 0.717) is 5.41 Å². The predicted molar refractivity (Wildman–Crippen MR) is 61.3 cm³/mol. The van der Waals surface area contributed by atoms with Gasteiger partial charge in [0.25, 0.3) is 0 Å². The van der Waals surface area contributed by atoms with E-state index in [1.807, 2.05) is 0 Å². The van der Waals surface area contributed by atoms with Crippen molar-refractivity contribution in [2.45, 2.75) is 51.4 Å². The lowest BCUT2D eigenvalue weighted by atomic mass is 9.48. The van der Waals surface area contributed by atoms with Gasteiger partial charge < -0.3 is 4.85 Å². The lowest BCUT2D eigenvalue weighted by Crippen LogP contribution is -2.45. The Balaban J connectivity index is 1.68. The molecule has 82 valence electrons. The largest absolute Gasteiger partial charge is 0.317 e. The van der Waals surface area contributed by atoms with Crippen LogP contribution in [0.3, 0.4) is 0 Å². The molecule has 4 saturated carbocycles. The molecule has 0 aliphatic heterocycles. The minimum absolute atomic E-state index is 0.708. The van der Waals surface area contributed by atoms with Crippen molar-refractivity contribution >= 4 is 0 Å². The van der Waals surface area contributed by atoms with Gasteiger partial charge in [-0.05, 0) is 68.1 Å². The van der Waals surface area contributed by atoms with E-state index in [-0.39, 0.29) is 0 Å². The summed E-state index contributed by atoms with van der Waals surface area (Å²) in [7, 11) is 0. The molecule has 0 N–H and O–H groups in total. The van der Waals surface area contributed by atoms with E-state index in [1.54, 1.807) is 19.3 Å². The van der Waals surface area contributed by atoms with Crippen LogP contribution in [0.15, 0.2) is 0 Å². The van der Waals surface area contributed by atoms with Gasteiger partial charge in [0.1, 0.15) is 0 Å². The standard InChI is InChI=1S/C14H21N/c1-15-4-2-3-14-8-11-5-12(9-14)7-13(6-11)10-14/h11-13H,2-10H2. The molecule has 0 spiro atoms. The fraction of sp³-hybridized carbons (Fsp3) is 0.929. The molecule has 4 bridgehead atoms. The molecule has 1 nitrogen and oxygen atoms in total. The maximum Gasteiger partial charge on any atom is 0.214 e. The molecule has 4 aliphatic rings. The van der Waals surface area contributed by atoms with Gasteiger partial charge in [0.15, 0.2) is 0 Å². The third kappa shape index (κ3) is 1.69. The molecule has 0 saturated heterocycles. The summed E-state index contributed by atoms with van der Waals surface area (Å²) in [5.41, 5.74) is 0.708. The number of rotatable bonds is 3. The van der Waals surface area contributed by atoms with E-state index in [2.05, 4.69) is 4.85 Å². The zero-order valence-corrected chi connectivity index (χ0v) is 9.54. The fourth-order valence-electron chi connectivity index (χ4n) is 5.13. The third-order valence-corrected chi connectivity index (χ3v) is 5.14. The van der Waals surface area contributed by atoms with Crippen molar-refractivity contribution in [3.8, 4) is 0 Å². The van der Waals surface area contributed by atoms with Gasteiger partial charge in [-0.15, -0.1) is 0 Å². The van der Waals surface area contributed by atoms with Gasteiger partial charge in [-0.2, -0.15) is 0 Å². The monoisotopic (exact) mass is 203 g/mol. The first-order valence-electron chi connectivity index (χ1n) is 6.63. The van der Waals surface area contributed by atoms with Crippen molar-refractivity contribution in [2.24, 2.45) is 23.2 Å². The second kappa shape index (κ2) is 3.51. The molecule has 0 heterocycles. The quantitative estimate of drug-likeness (QED) is 0.484. The van der Waals surface area contributed by atoms with Gasteiger partial charge in [-0.3, -0.25) is 0 Å². The molecular formula is C14H21N. The number of hydrogen-bond acceptors (Lipinski definition) is 0. The van der Waals surface area contributed by atoms with E-state index in [0.717, 1.165) is 30.7 Å². The van der Waals surface area contributed by atoms with E-state index in [9.17, 15) is 0 Å². The second-order valence-corrected chi connectivity index (χ2v) is 6.40. The topological polar surface area (TPSA) is 4.36 Å². The fourth-order valence-corrected chi connectivity index (χ4v) is 5.13. The normalized spacial score (nSPS) is 46.7. The summed E-state index contributed by atoms with van der Waals surface area (Å²) in [5, 5.41) is 0. The maximum atomic E-state index is 6.87. The third-order valence-electron chi connectivity index (χ3n) is 5.14. The summed E-state index contributed by atoms with van der Waals surface area (Å²) >= 11 is 0. The van der Waals surface area contributed by atoms with Crippen LogP contribution >= 0.6 is 0 Å². The van der Waals surface area contributed by atoms with Crippen molar-refractivity contribution in [1.82, 2.24) is 0 Å². The van der Waals surface area contributed by atoms with Crippen LogP contribution in [0.5, 0.6) is 0 Å². The summed E-state index contributed by atoms with van der Waals surface area (Å²) in [6.07, 6.45) is 11.7. The Morgan fingerprint density at radius 1 is 1.00 bits per heavy atom. The van der Waals surface area contributed by atoms with Crippen LogP contribution in [0.2, 0.25) is 0 Å². The molecule has 1 heteroatoms. The van der Waals surface area contributed by atoms with Crippen LogP contribution in [-0.4, -0.2) is 6.54 Å². The minimum Gasteiger partial charge on any atom is -0.317 e. The highest BCUT2D eigenvalue weighted by Crippen LogP contribution is 2.61. The molecule has 4 rings (SSSR count). The summed E-state index contributed by atoms with van der Waals surface area (Å²) in [5.74, 6) is 3.22. The van der Waals surface area contributed by atoms with Crippen molar-refractivity contribution < 1.29 is 0 Å². The minimum atomic E-state index is 0.708. The molecule has 0 aromatic heterocycles. The molecular weight excluding hydrogens is 182 g/mol.